The normalized spacial score (nSPS) is 10.5. The third-order valence-corrected chi connectivity index (χ3v) is 2.81. The van der Waals surface area contributed by atoms with Gasteiger partial charge in [-0.3, -0.25) is 0 Å². The van der Waals surface area contributed by atoms with Crippen LogP contribution in [0.1, 0.15) is 5.56 Å². The van der Waals surface area contributed by atoms with E-state index in [0.29, 0.717) is 9.79 Å². The summed E-state index contributed by atoms with van der Waals surface area (Å²) in [6.07, 6.45) is 0. The number of aromatic nitrogens is 2. The second-order valence-corrected chi connectivity index (χ2v) is 4.18. The van der Waals surface area contributed by atoms with Crippen molar-refractivity contribution in [3.63, 3.8) is 0 Å². The zero-order chi connectivity index (χ0) is 8.55. The van der Waals surface area contributed by atoms with E-state index in [1.54, 1.807) is 11.3 Å². The average Bonchev–Trinajstić information content (AvgIpc) is 2.58. The zero-order valence-electron chi connectivity index (χ0n) is 6.24. The fourth-order valence-electron chi connectivity index (χ4n) is 0.848. The predicted molar refractivity (Wildman–Crippen MR) is 55.1 cm³/mol. The molecule has 3 nitrogen and oxygen atoms in total. The van der Waals surface area contributed by atoms with Crippen molar-refractivity contribution in [1.29, 1.82) is 0 Å². The maximum absolute atomic E-state index is 5.26. The Hall–Kier alpha value is -0.430. The van der Waals surface area contributed by atoms with E-state index in [1.807, 2.05) is 35.6 Å². The van der Waals surface area contributed by atoms with Crippen molar-refractivity contribution in [2.45, 2.75) is 6.92 Å². The highest BCUT2D eigenvalue weighted by Crippen LogP contribution is 2.25. The maximum Gasteiger partial charge on any atom is 0.278 e. The molecule has 0 amide bonds. The summed E-state index contributed by atoms with van der Waals surface area (Å²) < 4.78 is 5.84. The predicted octanol–water partition coefficient (Wildman–Crippen LogP) is 2.71. The lowest BCUT2D eigenvalue weighted by Crippen LogP contribution is -1.70. The van der Waals surface area contributed by atoms with Crippen molar-refractivity contribution in [3.05, 3.63) is 20.9 Å². The van der Waals surface area contributed by atoms with Gasteiger partial charge in [0.1, 0.15) is 0 Å². The molecule has 0 aliphatic heterocycles. The van der Waals surface area contributed by atoms with Gasteiger partial charge in [0, 0.05) is 22.6 Å². The van der Waals surface area contributed by atoms with Gasteiger partial charge in [-0.1, -0.05) is 0 Å². The molecule has 0 fully saturated rings. The summed E-state index contributed by atoms with van der Waals surface area (Å²) in [5, 5.41) is 9.73. The molecular formula is C7H5IN2OS. The van der Waals surface area contributed by atoms with Gasteiger partial charge in [0.2, 0.25) is 0 Å². The number of rotatable bonds is 1. The van der Waals surface area contributed by atoms with Crippen LogP contribution in [0, 0.1) is 10.8 Å². The van der Waals surface area contributed by atoms with E-state index in [4.69, 9.17) is 4.42 Å². The van der Waals surface area contributed by atoms with Crippen LogP contribution in [0.3, 0.4) is 0 Å². The molecule has 0 saturated heterocycles. The van der Waals surface area contributed by atoms with Crippen LogP contribution < -0.4 is 0 Å². The van der Waals surface area contributed by atoms with Crippen LogP contribution in [-0.2, 0) is 0 Å². The number of aryl methyl sites for hydroxylation is 1. The number of nitrogens with zero attached hydrogens (tertiary/aromatic N) is 2. The van der Waals surface area contributed by atoms with Gasteiger partial charge in [-0.25, -0.2) is 0 Å². The second kappa shape index (κ2) is 3.14. The Kier molecular flexibility index (Phi) is 2.14. The largest absolute Gasteiger partial charge is 0.411 e. The minimum Gasteiger partial charge on any atom is -0.411 e. The molecule has 0 saturated carbocycles. The van der Waals surface area contributed by atoms with Gasteiger partial charge in [0.25, 0.3) is 9.79 Å². The van der Waals surface area contributed by atoms with Crippen LogP contribution in [-0.4, -0.2) is 10.2 Å². The molecule has 2 aromatic heterocycles. The summed E-state index contributed by atoms with van der Waals surface area (Å²) >= 11 is 3.61. The molecule has 0 bridgehead atoms. The van der Waals surface area contributed by atoms with Crippen LogP contribution in [0.4, 0.5) is 0 Å². The minimum absolute atomic E-state index is 0.577. The number of halogens is 1. The lowest BCUT2D eigenvalue weighted by atomic mass is 10.3. The third kappa shape index (κ3) is 1.51. The molecule has 0 atom stereocenters. The summed E-state index contributed by atoms with van der Waals surface area (Å²) in [5.41, 5.74) is 1.23. The quantitative estimate of drug-likeness (QED) is 0.759. The third-order valence-electron chi connectivity index (χ3n) is 1.34. The maximum atomic E-state index is 5.26. The molecule has 5 heteroatoms. The van der Waals surface area contributed by atoms with Gasteiger partial charge in [-0.15, -0.1) is 21.5 Å². The highest BCUT2D eigenvalue weighted by molar-refractivity contribution is 14.1. The van der Waals surface area contributed by atoms with Crippen molar-refractivity contribution < 1.29 is 4.42 Å². The van der Waals surface area contributed by atoms with Gasteiger partial charge in [-0.2, -0.15) is 0 Å². The van der Waals surface area contributed by atoms with Crippen molar-refractivity contribution in [2.75, 3.05) is 0 Å². The lowest BCUT2D eigenvalue weighted by Gasteiger charge is -1.82. The van der Waals surface area contributed by atoms with Gasteiger partial charge >= 0.3 is 0 Å². The first-order valence-electron chi connectivity index (χ1n) is 3.30. The van der Waals surface area contributed by atoms with E-state index in [-0.39, 0.29) is 0 Å². The molecule has 62 valence electrons. The average molecular weight is 292 g/mol. The Morgan fingerprint density at radius 1 is 1.50 bits per heavy atom. The molecule has 0 aliphatic rings. The monoisotopic (exact) mass is 292 g/mol. The SMILES string of the molecule is Cc1csc(-c2nnc(I)o2)c1. The van der Waals surface area contributed by atoms with Crippen LogP contribution in [0.2, 0.25) is 0 Å². The highest BCUT2D eigenvalue weighted by atomic mass is 127. The highest BCUT2D eigenvalue weighted by Gasteiger charge is 2.07. The smallest absolute Gasteiger partial charge is 0.278 e. The van der Waals surface area contributed by atoms with Gasteiger partial charge < -0.3 is 4.42 Å². The van der Waals surface area contributed by atoms with Crippen LogP contribution in [0.25, 0.3) is 10.8 Å². The van der Waals surface area contributed by atoms with Crippen LogP contribution >= 0.6 is 33.9 Å². The summed E-state index contributed by atoms with van der Waals surface area (Å²) in [6.45, 7) is 2.04. The summed E-state index contributed by atoms with van der Waals surface area (Å²) in [7, 11) is 0. The van der Waals surface area contributed by atoms with Crippen molar-refractivity contribution in [3.8, 4) is 10.8 Å². The first kappa shape index (κ1) is 8.18. The van der Waals surface area contributed by atoms with E-state index >= 15 is 0 Å². The fourth-order valence-corrected chi connectivity index (χ4v) is 1.98. The van der Waals surface area contributed by atoms with E-state index in [9.17, 15) is 0 Å². The summed E-state index contributed by atoms with van der Waals surface area (Å²) in [4.78, 5) is 1.03. The summed E-state index contributed by atoms with van der Waals surface area (Å²) in [6, 6.07) is 2.04. The molecule has 0 aliphatic carbocycles. The molecule has 0 spiro atoms. The molecule has 2 aromatic rings. The van der Waals surface area contributed by atoms with Gasteiger partial charge in [-0.05, 0) is 23.9 Å². The molecule has 0 N–H and O–H groups in total. The Morgan fingerprint density at radius 3 is 2.83 bits per heavy atom. The Labute approximate surface area is 87.0 Å². The van der Waals surface area contributed by atoms with Crippen LogP contribution in [0.15, 0.2) is 15.9 Å². The zero-order valence-corrected chi connectivity index (χ0v) is 9.22. The Morgan fingerprint density at radius 2 is 2.33 bits per heavy atom. The standard InChI is InChI=1S/C7H5IN2OS/c1-4-2-5(12-3-4)6-9-10-7(8)11-6/h2-3H,1H3. The van der Waals surface area contributed by atoms with Crippen molar-refractivity contribution >= 4 is 33.9 Å². The Balaban J connectivity index is 2.43. The van der Waals surface area contributed by atoms with Crippen LogP contribution in [0.5, 0.6) is 0 Å². The van der Waals surface area contributed by atoms with E-state index in [2.05, 4.69) is 15.6 Å². The van der Waals surface area contributed by atoms with Gasteiger partial charge in [0.05, 0.1) is 4.88 Å². The molecule has 0 unspecified atom stereocenters. The topological polar surface area (TPSA) is 38.9 Å². The number of thiophene rings is 1. The van der Waals surface area contributed by atoms with Crippen molar-refractivity contribution in [2.24, 2.45) is 0 Å². The summed E-state index contributed by atoms with van der Waals surface area (Å²) in [5.74, 6) is 0.609. The Bertz CT molecular complexity index is 357. The molecule has 2 rings (SSSR count). The molecule has 0 radical (unpaired) electrons. The molecule has 0 aromatic carbocycles. The number of hydrogen-bond donors (Lipinski definition) is 0. The van der Waals surface area contributed by atoms with Crippen molar-refractivity contribution in [1.82, 2.24) is 10.2 Å². The van der Waals surface area contributed by atoms with E-state index in [1.165, 1.54) is 5.56 Å². The molecule has 12 heavy (non-hydrogen) atoms. The van der Waals surface area contributed by atoms with E-state index < -0.39 is 0 Å². The second-order valence-electron chi connectivity index (χ2n) is 2.35. The van der Waals surface area contributed by atoms with Gasteiger partial charge in [0.15, 0.2) is 0 Å². The lowest BCUT2D eigenvalue weighted by molar-refractivity contribution is 0.538. The molecular weight excluding hydrogens is 287 g/mol. The van der Waals surface area contributed by atoms with E-state index in [0.717, 1.165) is 4.88 Å². The minimum atomic E-state index is 0.577. The number of hydrogen-bond acceptors (Lipinski definition) is 4. The fraction of sp³-hybridized carbons (Fsp3) is 0.143. The first-order valence-corrected chi connectivity index (χ1v) is 5.26. The molecule has 2 heterocycles. The first-order chi connectivity index (χ1) is 5.75.